The highest BCUT2D eigenvalue weighted by atomic mass is 16.5. The molecule has 0 aliphatic heterocycles. The number of nitriles is 1. The molecule has 5 rings (SSSR count). The van der Waals surface area contributed by atoms with Crippen LogP contribution < -0.4 is 10.1 Å². The van der Waals surface area contributed by atoms with Crippen molar-refractivity contribution < 1.29 is 9.15 Å². The molecule has 2 heterocycles. The number of oxazole rings is 1. The molecular weight excluding hydrogens is 354 g/mol. The fourth-order valence-electron chi connectivity index (χ4n) is 3.97. The smallest absolute Gasteiger partial charge is 0.181 e. The molecule has 0 spiro atoms. The Bertz CT molecular complexity index is 1200. The molecule has 0 radical (unpaired) electrons. The molecule has 0 unspecified atom stereocenters. The second kappa shape index (κ2) is 6.43. The quantitative estimate of drug-likeness (QED) is 0.558. The highest BCUT2D eigenvalue weighted by molar-refractivity contribution is 5.93. The number of methoxy groups -OCH3 is 1. The van der Waals surface area contributed by atoms with Crippen molar-refractivity contribution in [1.82, 2.24) is 15.2 Å². The molecule has 0 saturated carbocycles. The number of H-pyrrole nitrogens is 1. The predicted octanol–water partition coefficient (Wildman–Crippen LogP) is 4.20. The van der Waals surface area contributed by atoms with Crippen molar-refractivity contribution in [3.8, 4) is 23.3 Å². The normalized spacial score (nSPS) is 15.4. The number of nitrogens with one attached hydrogen (secondary N) is 2. The molecule has 7 nitrogen and oxygen atoms in total. The largest absolute Gasteiger partial charge is 0.495 e. The Morgan fingerprint density at radius 2 is 2.25 bits per heavy atom. The van der Waals surface area contributed by atoms with Crippen LogP contribution in [0.3, 0.4) is 0 Å². The molecule has 1 aliphatic rings. The lowest BCUT2D eigenvalue weighted by Gasteiger charge is -2.17. The van der Waals surface area contributed by atoms with Gasteiger partial charge in [-0.2, -0.15) is 10.4 Å². The van der Waals surface area contributed by atoms with Gasteiger partial charge in [-0.1, -0.05) is 6.07 Å². The first-order valence-electron chi connectivity index (χ1n) is 9.02. The summed E-state index contributed by atoms with van der Waals surface area (Å²) in [6.45, 7) is 0. The van der Waals surface area contributed by atoms with E-state index >= 15 is 0 Å². The summed E-state index contributed by atoms with van der Waals surface area (Å²) >= 11 is 0. The van der Waals surface area contributed by atoms with Crippen molar-refractivity contribution in [2.24, 2.45) is 0 Å². The van der Waals surface area contributed by atoms with Crippen LogP contribution in [0.25, 0.3) is 22.4 Å². The fraction of sp³-hybridized carbons (Fsp3) is 0.190. The van der Waals surface area contributed by atoms with E-state index in [0.29, 0.717) is 17.1 Å². The van der Waals surface area contributed by atoms with Gasteiger partial charge in [-0.15, -0.1) is 0 Å². The van der Waals surface area contributed by atoms with E-state index in [2.05, 4.69) is 32.6 Å². The Hall–Kier alpha value is -3.79. The van der Waals surface area contributed by atoms with E-state index in [-0.39, 0.29) is 6.04 Å². The summed E-state index contributed by atoms with van der Waals surface area (Å²) < 4.78 is 10.9. The summed E-state index contributed by atoms with van der Waals surface area (Å²) in [5.74, 6) is 1.32. The van der Waals surface area contributed by atoms with Crippen molar-refractivity contribution in [3.63, 3.8) is 0 Å². The zero-order chi connectivity index (χ0) is 19.1. The SMILES string of the molecule is COc1c(C#N)ccc2c1CC[C@@H]2Nc1ccc2[nH]nc(-c3cnco3)c2c1. The average molecular weight is 371 g/mol. The number of aromatic amines is 1. The average Bonchev–Trinajstić information content (AvgIpc) is 3.46. The third-order valence-corrected chi connectivity index (χ3v) is 5.25. The van der Waals surface area contributed by atoms with E-state index in [4.69, 9.17) is 9.15 Å². The number of ether oxygens (including phenoxy) is 1. The van der Waals surface area contributed by atoms with E-state index in [1.165, 1.54) is 12.0 Å². The van der Waals surface area contributed by atoms with Crippen LogP contribution in [0, 0.1) is 11.3 Å². The van der Waals surface area contributed by atoms with Gasteiger partial charge < -0.3 is 14.5 Å². The van der Waals surface area contributed by atoms with Gasteiger partial charge in [0.1, 0.15) is 17.5 Å². The highest BCUT2D eigenvalue weighted by Gasteiger charge is 2.27. The van der Waals surface area contributed by atoms with Crippen molar-refractivity contribution in [2.75, 3.05) is 12.4 Å². The third-order valence-electron chi connectivity index (χ3n) is 5.25. The predicted molar refractivity (Wildman–Crippen MR) is 104 cm³/mol. The molecule has 0 fully saturated rings. The molecule has 7 heteroatoms. The Morgan fingerprint density at radius 3 is 3.04 bits per heavy atom. The Balaban J connectivity index is 1.49. The number of hydrogen-bond acceptors (Lipinski definition) is 6. The van der Waals surface area contributed by atoms with Gasteiger partial charge >= 0.3 is 0 Å². The van der Waals surface area contributed by atoms with Gasteiger partial charge in [-0.05, 0) is 42.7 Å². The summed E-state index contributed by atoms with van der Waals surface area (Å²) in [5, 5.41) is 21.3. The number of fused-ring (bicyclic) bond motifs is 2. The second-order valence-corrected chi connectivity index (χ2v) is 6.76. The minimum absolute atomic E-state index is 0.162. The Morgan fingerprint density at radius 1 is 1.32 bits per heavy atom. The van der Waals surface area contributed by atoms with E-state index < -0.39 is 0 Å². The number of rotatable bonds is 4. The van der Waals surface area contributed by atoms with Crippen LogP contribution in [-0.2, 0) is 6.42 Å². The van der Waals surface area contributed by atoms with Gasteiger partial charge in [0, 0.05) is 16.6 Å². The highest BCUT2D eigenvalue weighted by Crippen LogP contribution is 2.41. The maximum Gasteiger partial charge on any atom is 0.181 e. The molecule has 0 bridgehead atoms. The van der Waals surface area contributed by atoms with Crippen molar-refractivity contribution in [3.05, 3.63) is 59.6 Å². The fourth-order valence-corrected chi connectivity index (χ4v) is 3.97. The zero-order valence-electron chi connectivity index (χ0n) is 15.2. The maximum atomic E-state index is 9.30. The summed E-state index contributed by atoms with van der Waals surface area (Å²) in [4.78, 5) is 3.98. The molecule has 4 aromatic rings. The van der Waals surface area contributed by atoms with E-state index in [1.54, 1.807) is 13.3 Å². The molecule has 2 N–H and O–H groups in total. The van der Waals surface area contributed by atoms with E-state index in [9.17, 15) is 5.26 Å². The first-order chi connectivity index (χ1) is 13.8. The first-order valence-corrected chi connectivity index (χ1v) is 9.02. The van der Waals surface area contributed by atoms with Gasteiger partial charge in [-0.3, -0.25) is 5.10 Å². The van der Waals surface area contributed by atoms with E-state index in [0.717, 1.165) is 40.7 Å². The maximum absolute atomic E-state index is 9.30. The minimum atomic E-state index is 0.162. The molecule has 0 saturated heterocycles. The Labute approximate surface area is 161 Å². The molecule has 0 amide bonds. The monoisotopic (exact) mass is 371 g/mol. The van der Waals surface area contributed by atoms with Crippen LogP contribution in [0.15, 0.2) is 47.3 Å². The number of anilines is 1. The van der Waals surface area contributed by atoms with Crippen molar-refractivity contribution in [1.29, 1.82) is 5.26 Å². The topological polar surface area (TPSA) is 99.8 Å². The lowest BCUT2D eigenvalue weighted by atomic mass is 10.0. The molecular formula is C21H17N5O2. The van der Waals surface area contributed by atoms with Crippen LogP contribution in [-0.4, -0.2) is 22.3 Å². The van der Waals surface area contributed by atoms with Gasteiger partial charge in [0.15, 0.2) is 12.2 Å². The minimum Gasteiger partial charge on any atom is -0.495 e. The van der Waals surface area contributed by atoms with Gasteiger partial charge in [0.05, 0.1) is 30.4 Å². The Kier molecular flexibility index (Phi) is 3.76. The van der Waals surface area contributed by atoms with Crippen molar-refractivity contribution >= 4 is 16.6 Å². The second-order valence-electron chi connectivity index (χ2n) is 6.76. The number of nitrogens with zero attached hydrogens (tertiary/aromatic N) is 3. The number of aromatic nitrogens is 3. The van der Waals surface area contributed by atoms with Crippen LogP contribution in [0.2, 0.25) is 0 Å². The first kappa shape index (κ1) is 16.4. The van der Waals surface area contributed by atoms with Crippen LogP contribution in [0.1, 0.15) is 29.2 Å². The van der Waals surface area contributed by atoms with Gasteiger partial charge in [0.2, 0.25) is 0 Å². The molecule has 2 aromatic carbocycles. The number of hydrogen-bond donors (Lipinski definition) is 2. The standard InChI is InChI=1S/C21H17N5O2/c1-27-21-12(9-22)2-4-14-15(21)5-7-17(14)24-13-3-6-18-16(8-13)20(26-25-18)19-10-23-11-28-19/h2-4,6,8,10-11,17,24H,5,7H2,1H3,(H,25,26)/t17-/m0/s1. The lowest BCUT2D eigenvalue weighted by molar-refractivity contribution is 0.409. The molecule has 2 aromatic heterocycles. The van der Waals surface area contributed by atoms with Crippen molar-refractivity contribution in [2.45, 2.75) is 18.9 Å². The lowest BCUT2D eigenvalue weighted by Crippen LogP contribution is -2.07. The third kappa shape index (κ3) is 2.50. The number of benzene rings is 2. The summed E-state index contributed by atoms with van der Waals surface area (Å²) in [7, 11) is 1.62. The van der Waals surface area contributed by atoms with Crippen LogP contribution in [0.4, 0.5) is 5.69 Å². The van der Waals surface area contributed by atoms with E-state index in [1.807, 2.05) is 24.3 Å². The van der Waals surface area contributed by atoms with Crippen LogP contribution >= 0.6 is 0 Å². The van der Waals surface area contributed by atoms with Gasteiger partial charge in [-0.25, -0.2) is 4.98 Å². The zero-order valence-corrected chi connectivity index (χ0v) is 15.2. The summed E-state index contributed by atoms with van der Waals surface area (Å²) in [5.41, 5.74) is 5.55. The summed E-state index contributed by atoms with van der Waals surface area (Å²) in [6, 6.07) is 12.3. The molecule has 1 aliphatic carbocycles. The van der Waals surface area contributed by atoms with Crippen LogP contribution in [0.5, 0.6) is 5.75 Å². The van der Waals surface area contributed by atoms with Gasteiger partial charge in [0.25, 0.3) is 0 Å². The molecule has 138 valence electrons. The molecule has 28 heavy (non-hydrogen) atoms. The molecule has 1 atom stereocenters. The summed E-state index contributed by atoms with van der Waals surface area (Å²) in [6.07, 6.45) is 4.88.